The van der Waals surface area contributed by atoms with E-state index in [1.165, 1.54) is 20.1 Å². The maximum Gasteiger partial charge on any atom is 0.408 e. The second-order valence-electron chi connectivity index (χ2n) is 5.40. The van der Waals surface area contributed by atoms with Gasteiger partial charge in [0.1, 0.15) is 12.2 Å². The predicted octanol–water partition coefficient (Wildman–Crippen LogP) is 1.56. The smallest absolute Gasteiger partial charge is 0.408 e. The van der Waals surface area contributed by atoms with Crippen molar-refractivity contribution < 1.29 is 28.6 Å². The molecule has 1 amide bonds. The van der Waals surface area contributed by atoms with Crippen LogP contribution in [0.4, 0.5) is 4.79 Å². The molecule has 120 valence electrons. The molecule has 0 aromatic carbocycles. The van der Waals surface area contributed by atoms with Gasteiger partial charge >= 0.3 is 18.0 Å². The summed E-state index contributed by atoms with van der Waals surface area (Å²) in [4.78, 5) is 33.9. The van der Waals surface area contributed by atoms with Gasteiger partial charge in [0, 0.05) is 13.0 Å². The van der Waals surface area contributed by atoms with E-state index in [4.69, 9.17) is 9.47 Å². The van der Waals surface area contributed by atoms with Gasteiger partial charge in [-0.05, 0) is 33.8 Å². The van der Waals surface area contributed by atoms with Gasteiger partial charge < -0.3 is 19.5 Å². The SMILES string of the molecule is COC(=O)/C(=C/[C@H](C)NC(=O)OC(C)(C)C)COC(C)=O. The molecule has 0 spiro atoms. The van der Waals surface area contributed by atoms with E-state index in [1.807, 2.05) is 0 Å². The molecule has 0 aromatic rings. The lowest BCUT2D eigenvalue weighted by Gasteiger charge is -2.21. The third-order valence-electron chi connectivity index (χ3n) is 2.07. The van der Waals surface area contributed by atoms with Gasteiger partial charge in [0.15, 0.2) is 0 Å². The molecule has 7 nitrogen and oxygen atoms in total. The molecule has 0 rings (SSSR count). The number of hydrogen-bond acceptors (Lipinski definition) is 6. The van der Waals surface area contributed by atoms with E-state index in [-0.39, 0.29) is 12.2 Å². The first-order valence-corrected chi connectivity index (χ1v) is 6.47. The molecular formula is C14H23NO6. The molecule has 0 aliphatic rings. The lowest BCUT2D eigenvalue weighted by molar-refractivity contribution is -0.142. The number of hydrogen-bond donors (Lipinski definition) is 1. The van der Waals surface area contributed by atoms with Crippen LogP contribution in [0.15, 0.2) is 11.6 Å². The summed E-state index contributed by atoms with van der Waals surface area (Å²) in [5, 5.41) is 2.55. The average molecular weight is 301 g/mol. The lowest BCUT2D eigenvalue weighted by atomic mass is 10.2. The molecule has 1 N–H and O–H groups in total. The molecule has 1 atom stereocenters. The van der Waals surface area contributed by atoms with Crippen molar-refractivity contribution in [3.8, 4) is 0 Å². The maximum absolute atomic E-state index is 11.6. The zero-order valence-corrected chi connectivity index (χ0v) is 13.3. The molecule has 7 heteroatoms. The molecule has 0 aromatic heterocycles. The van der Waals surface area contributed by atoms with Gasteiger partial charge in [-0.15, -0.1) is 0 Å². The number of ether oxygens (including phenoxy) is 3. The number of alkyl carbamates (subject to hydrolysis) is 1. The molecule has 0 fully saturated rings. The molecule has 0 radical (unpaired) electrons. The predicted molar refractivity (Wildman–Crippen MR) is 75.6 cm³/mol. The van der Waals surface area contributed by atoms with Gasteiger partial charge in [0.05, 0.1) is 12.7 Å². The number of nitrogens with one attached hydrogen (secondary N) is 1. The van der Waals surface area contributed by atoms with Gasteiger partial charge in [-0.2, -0.15) is 0 Å². The average Bonchev–Trinajstić information content (AvgIpc) is 2.30. The quantitative estimate of drug-likeness (QED) is 0.471. The largest absolute Gasteiger partial charge is 0.466 e. The Morgan fingerprint density at radius 3 is 2.24 bits per heavy atom. The fourth-order valence-corrected chi connectivity index (χ4v) is 1.32. The van der Waals surface area contributed by atoms with Crippen LogP contribution in [0.1, 0.15) is 34.6 Å². The van der Waals surface area contributed by atoms with Crippen molar-refractivity contribution in [3.63, 3.8) is 0 Å². The Balaban J connectivity index is 4.73. The first-order chi connectivity index (χ1) is 9.55. The number of amides is 1. The summed E-state index contributed by atoms with van der Waals surface area (Å²) >= 11 is 0. The summed E-state index contributed by atoms with van der Waals surface area (Å²) in [5.74, 6) is -1.15. The van der Waals surface area contributed by atoms with Crippen LogP contribution in [0.5, 0.6) is 0 Å². The molecular weight excluding hydrogens is 278 g/mol. The van der Waals surface area contributed by atoms with Gasteiger partial charge in [-0.3, -0.25) is 4.79 Å². The Bertz CT molecular complexity index is 422. The van der Waals surface area contributed by atoms with Gasteiger partial charge in [0.2, 0.25) is 0 Å². The molecule has 0 aliphatic heterocycles. The van der Waals surface area contributed by atoms with Crippen LogP contribution in [0.2, 0.25) is 0 Å². The fourth-order valence-electron chi connectivity index (χ4n) is 1.32. The second-order valence-corrected chi connectivity index (χ2v) is 5.40. The Hall–Kier alpha value is -2.05. The van der Waals surface area contributed by atoms with Crippen molar-refractivity contribution in [1.29, 1.82) is 0 Å². The van der Waals surface area contributed by atoms with Crippen LogP contribution in [0, 0.1) is 0 Å². The minimum atomic E-state index is -0.630. The number of carbonyl (C=O) groups is 3. The number of carbonyl (C=O) groups excluding carboxylic acids is 3. The summed E-state index contributed by atoms with van der Waals surface area (Å²) in [6.07, 6.45) is 0.835. The topological polar surface area (TPSA) is 90.9 Å². The summed E-state index contributed by atoms with van der Waals surface area (Å²) < 4.78 is 14.4. The highest BCUT2D eigenvalue weighted by atomic mass is 16.6. The number of esters is 2. The van der Waals surface area contributed by atoms with E-state index >= 15 is 0 Å². The first-order valence-electron chi connectivity index (χ1n) is 6.47. The van der Waals surface area contributed by atoms with Crippen LogP contribution in [0.25, 0.3) is 0 Å². The van der Waals surface area contributed by atoms with Gasteiger partial charge in [-0.25, -0.2) is 9.59 Å². The Kier molecular flexibility index (Phi) is 7.48. The third kappa shape index (κ3) is 9.48. The third-order valence-corrected chi connectivity index (χ3v) is 2.07. The van der Waals surface area contributed by atoms with E-state index in [2.05, 4.69) is 10.1 Å². The van der Waals surface area contributed by atoms with Crippen LogP contribution >= 0.6 is 0 Å². The summed E-state index contributed by atoms with van der Waals surface area (Å²) in [6.45, 7) is 7.90. The molecule has 0 saturated heterocycles. The van der Waals surface area contributed by atoms with Crippen LogP contribution < -0.4 is 5.32 Å². The Labute approximate surface area is 124 Å². The van der Waals surface area contributed by atoms with Gasteiger partial charge in [0.25, 0.3) is 0 Å². The van der Waals surface area contributed by atoms with Crippen molar-refractivity contribution in [3.05, 3.63) is 11.6 Å². The van der Waals surface area contributed by atoms with Crippen LogP contribution in [-0.2, 0) is 23.8 Å². The number of rotatable bonds is 5. The summed E-state index contributed by atoms with van der Waals surface area (Å²) in [7, 11) is 1.22. The minimum Gasteiger partial charge on any atom is -0.466 e. The molecule has 0 heterocycles. The molecule has 21 heavy (non-hydrogen) atoms. The van der Waals surface area contributed by atoms with Crippen LogP contribution in [-0.4, -0.2) is 43.4 Å². The molecule has 0 aliphatic carbocycles. The van der Waals surface area contributed by atoms with E-state index in [0.717, 1.165) is 0 Å². The van der Waals surface area contributed by atoms with Crippen molar-refractivity contribution in [2.24, 2.45) is 0 Å². The normalized spacial score (nSPS) is 13.1. The summed E-state index contributed by atoms with van der Waals surface area (Å²) in [6, 6.07) is -0.496. The van der Waals surface area contributed by atoms with Crippen molar-refractivity contribution >= 4 is 18.0 Å². The highest BCUT2D eigenvalue weighted by molar-refractivity contribution is 5.89. The van der Waals surface area contributed by atoms with Crippen LogP contribution in [0.3, 0.4) is 0 Å². The second kappa shape index (κ2) is 8.28. The molecule has 0 bridgehead atoms. The standard InChI is InChI=1S/C14H23NO6/c1-9(15-13(18)21-14(3,4)5)7-11(12(17)19-6)8-20-10(2)16/h7,9H,8H2,1-6H3,(H,15,18)/b11-7+/t9-/m0/s1. The van der Waals surface area contributed by atoms with E-state index in [9.17, 15) is 14.4 Å². The zero-order valence-electron chi connectivity index (χ0n) is 13.3. The highest BCUT2D eigenvalue weighted by Gasteiger charge is 2.18. The van der Waals surface area contributed by atoms with Crippen molar-refractivity contribution in [1.82, 2.24) is 5.32 Å². The lowest BCUT2D eigenvalue weighted by Crippen LogP contribution is -2.37. The Morgan fingerprint density at radius 2 is 1.81 bits per heavy atom. The molecule has 0 saturated carbocycles. The number of methoxy groups -OCH3 is 1. The van der Waals surface area contributed by atoms with Crippen molar-refractivity contribution in [2.45, 2.75) is 46.3 Å². The maximum atomic E-state index is 11.6. The van der Waals surface area contributed by atoms with E-state index in [0.29, 0.717) is 0 Å². The van der Waals surface area contributed by atoms with Crippen molar-refractivity contribution in [2.75, 3.05) is 13.7 Å². The zero-order chi connectivity index (χ0) is 16.6. The summed E-state index contributed by atoms with van der Waals surface area (Å²) in [5.41, 5.74) is -0.479. The van der Waals surface area contributed by atoms with E-state index in [1.54, 1.807) is 27.7 Å². The first kappa shape index (κ1) is 18.9. The monoisotopic (exact) mass is 301 g/mol. The molecule has 0 unspecified atom stereocenters. The van der Waals surface area contributed by atoms with Gasteiger partial charge in [-0.1, -0.05) is 0 Å². The Morgan fingerprint density at radius 1 is 1.24 bits per heavy atom. The minimum absolute atomic E-state index is 0.135. The van der Waals surface area contributed by atoms with E-state index < -0.39 is 29.7 Å². The highest BCUT2D eigenvalue weighted by Crippen LogP contribution is 2.07. The fraction of sp³-hybridized carbons (Fsp3) is 0.643.